The Morgan fingerprint density at radius 2 is 2.10 bits per heavy atom. The van der Waals surface area contributed by atoms with Gasteiger partial charge in [-0.05, 0) is 25.5 Å². The zero-order valence-corrected chi connectivity index (χ0v) is 11.3. The maximum atomic E-state index is 11.2. The molecule has 0 unspecified atom stereocenters. The number of rotatable bonds is 5. The Hall–Kier alpha value is -2.41. The molecule has 1 aromatic heterocycles. The number of aryl methyl sites for hydroxylation is 2. The van der Waals surface area contributed by atoms with Gasteiger partial charge in [0, 0.05) is 6.54 Å². The monoisotopic (exact) mass is 276 g/mol. The Balaban J connectivity index is 2.44. The van der Waals surface area contributed by atoms with Gasteiger partial charge in [0.05, 0.1) is 12.3 Å². The number of aliphatic hydroxyl groups excluding tert-OH is 1. The van der Waals surface area contributed by atoms with Crippen molar-refractivity contribution < 1.29 is 15.0 Å². The van der Waals surface area contributed by atoms with Gasteiger partial charge in [0.15, 0.2) is 5.82 Å². The number of nitrogens with zero attached hydrogens (tertiary/aromatic N) is 3. The first-order valence-corrected chi connectivity index (χ1v) is 6.16. The van der Waals surface area contributed by atoms with Crippen molar-refractivity contribution in [2.45, 2.75) is 13.8 Å². The highest BCUT2D eigenvalue weighted by atomic mass is 16.4. The van der Waals surface area contributed by atoms with Crippen molar-refractivity contribution in [3.63, 3.8) is 0 Å². The van der Waals surface area contributed by atoms with Gasteiger partial charge < -0.3 is 15.5 Å². The number of anilines is 1. The number of carboxylic acids is 1. The zero-order chi connectivity index (χ0) is 14.7. The van der Waals surface area contributed by atoms with E-state index in [-0.39, 0.29) is 24.7 Å². The highest BCUT2D eigenvalue weighted by molar-refractivity contribution is 5.90. The number of benzene rings is 1. The van der Waals surface area contributed by atoms with Crippen LogP contribution >= 0.6 is 0 Å². The zero-order valence-electron chi connectivity index (χ0n) is 11.3. The fraction of sp³-hybridized carbons (Fsp3) is 0.308. The summed E-state index contributed by atoms with van der Waals surface area (Å²) < 4.78 is 0. The summed E-state index contributed by atoms with van der Waals surface area (Å²) in [6.07, 6.45) is 0. The molecule has 0 saturated heterocycles. The minimum absolute atomic E-state index is 0.116. The van der Waals surface area contributed by atoms with Gasteiger partial charge in [0.1, 0.15) is 0 Å². The fourth-order valence-electron chi connectivity index (χ4n) is 1.88. The van der Waals surface area contributed by atoms with Crippen molar-refractivity contribution in [1.82, 2.24) is 15.0 Å². The van der Waals surface area contributed by atoms with E-state index < -0.39 is 5.97 Å². The average molecular weight is 276 g/mol. The van der Waals surface area contributed by atoms with E-state index in [2.05, 4.69) is 15.5 Å². The molecule has 0 fully saturated rings. The van der Waals surface area contributed by atoms with Gasteiger partial charge in [0.25, 0.3) is 0 Å². The second-order valence-corrected chi connectivity index (χ2v) is 4.43. The minimum atomic E-state index is -1.17. The first-order chi connectivity index (χ1) is 9.52. The number of hydrogen-bond acceptors (Lipinski definition) is 5. The average Bonchev–Trinajstić information content (AvgIpc) is 2.80. The third-order valence-corrected chi connectivity index (χ3v) is 2.79. The summed E-state index contributed by atoms with van der Waals surface area (Å²) in [7, 11) is 0. The van der Waals surface area contributed by atoms with Gasteiger partial charge in [0.2, 0.25) is 5.69 Å². The van der Waals surface area contributed by atoms with Crippen molar-refractivity contribution in [3.8, 4) is 5.69 Å². The van der Waals surface area contributed by atoms with Gasteiger partial charge in [-0.2, -0.15) is 0 Å². The number of aliphatic hydroxyl groups is 1. The SMILES string of the molecule is Cc1ccc(-n2nc(NCCO)c(C(=O)O)n2)c(C)c1. The molecular formula is C13H16N4O3. The molecule has 1 aromatic carbocycles. The van der Waals surface area contributed by atoms with E-state index in [4.69, 9.17) is 10.2 Å². The van der Waals surface area contributed by atoms with Crippen molar-refractivity contribution in [2.75, 3.05) is 18.5 Å². The van der Waals surface area contributed by atoms with E-state index in [9.17, 15) is 4.79 Å². The van der Waals surface area contributed by atoms with E-state index in [1.54, 1.807) is 0 Å². The van der Waals surface area contributed by atoms with E-state index in [1.807, 2.05) is 32.0 Å². The third-order valence-electron chi connectivity index (χ3n) is 2.79. The molecule has 0 spiro atoms. The summed E-state index contributed by atoms with van der Waals surface area (Å²) >= 11 is 0. The lowest BCUT2D eigenvalue weighted by atomic mass is 10.1. The second kappa shape index (κ2) is 5.70. The fourth-order valence-corrected chi connectivity index (χ4v) is 1.88. The summed E-state index contributed by atoms with van der Waals surface area (Å²) in [6, 6.07) is 5.72. The minimum Gasteiger partial charge on any atom is -0.476 e. The van der Waals surface area contributed by atoms with Crippen LogP contribution in [0, 0.1) is 13.8 Å². The second-order valence-electron chi connectivity index (χ2n) is 4.43. The molecule has 7 heteroatoms. The maximum absolute atomic E-state index is 11.2. The van der Waals surface area contributed by atoms with Gasteiger partial charge in [-0.1, -0.05) is 17.7 Å². The quantitative estimate of drug-likeness (QED) is 0.753. The standard InChI is InChI=1S/C13H16N4O3/c1-8-3-4-10(9(2)7-8)17-15-11(13(19)20)12(16-17)14-5-6-18/h3-4,7,18H,5-6H2,1-2H3,(H,14,16)(H,19,20). The number of carboxylic acid groups (broad SMARTS) is 1. The smallest absolute Gasteiger partial charge is 0.360 e. The molecule has 20 heavy (non-hydrogen) atoms. The van der Waals surface area contributed by atoms with Crippen molar-refractivity contribution in [3.05, 3.63) is 35.0 Å². The predicted molar refractivity (Wildman–Crippen MR) is 73.4 cm³/mol. The molecule has 0 radical (unpaired) electrons. The van der Waals surface area contributed by atoms with Gasteiger partial charge in [-0.3, -0.25) is 0 Å². The Morgan fingerprint density at radius 3 is 2.70 bits per heavy atom. The lowest BCUT2D eigenvalue weighted by Gasteiger charge is -2.04. The van der Waals surface area contributed by atoms with Crippen LogP contribution in [0.5, 0.6) is 0 Å². The van der Waals surface area contributed by atoms with Crippen molar-refractivity contribution >= 4 is 11.8 Å². The molecule has 0 amide bonds. The molecule has 0 aliphatic rings. The third kappa shape index (κ3) is 2.77. The number of nitrogens with one attached hydrogen (secondary N) is 1. The summed E-state index contributed by atoms with van der Waals surface area (Å²) in [4.78, 5) is 12.4. The highest BCUT2D eigenvalue weighted by Crippen LogP contribution is 2.17. The normalized spacial score (nSPS) is 10.6. The lowest BCUT2D eigenvalue weighted by Crippen LogP contribution is -2.09. The number of carbonyl (C=O) groups is 1. The van der Waals surface area contributed by atoms with Crippen LogP contribution in [0.2, 0.25) is 0 Å². The molecule has 0 atom stereocenters. The first-order valence-electron chi connectivity index (χ1n) is 6.16. The number of aromatic nitrogens is 3. The van der Waals surface area contributed by atoms with Crippen LogP contribution in [0.15, 0.2) is 18.2 Å². The topological polar surface area (TPSA) is 100 Å². The number of aromatic carboxylic acids is 1. The van der Waals surface area contributed by atoms with Crippen LogP contribution in [0.4, 0.5) is 5.82 Å². The van der Waals surface area contributed by atoms with Gasteiger partial charge >= 0.3 is 5.97 Å². The van der Waals surface area contributed by atoms with E-state index >= 15 is 0 Å². The van der Waals surface area contributed by atoms with Crippen LogP contribution in [-0.2, 0) is 0 Å². The molecular weight excluding hydrogens is 260 g/mol. The largest absolute Gasteiger partial charge is 0.476 e. The molecule has 0 aliphatic carbocycles. The van der Waals surface area contributed by atoms with E-state index in [0.29, 0.717) is 0 Å². The summed E-state index contributed by atoms with van der Waals surface area (Å²) in [5.41, 5.74) is 2.61. The Bertz CT molecular complexity index is 637. The molecule has 0 aliphatic heterocycles. The molecule has 0 bridgehead atoms. The Morgan fingerprint density at radius 1 is 1.35 bits per heavy atom. The van der Waals surface area contributed by atoms with Crippen LogP contribution < -0.4 is 5.32 Å². The van der Waals surface area contributed by atoms with Crippen molar-refractivity contribution in [1.29, 1.82) is 0 Å². The lowest BCUT2D eigenvalue weighted by molar-refractivity contribution is 0.0691. The van der Waals surface area contributed by atoms with E-state index in [0.717, 1.165) is 16.8 Å². The molecule has 2 aromatic rings. The van der Waals surface area contributed by atoms with Gasteiger partial charge in [-0.25, -0.2) is 4.79 Å². The first kappa shape index (κ1) is 14.0. The van der Waals surface area contributed by atoms with E-state index in [1.165, 1.54) is 4.80 Å². The Labute approximate surface area is 115 Å². The summed E-state index contributed by atoms with van der Waals surface area (Å²) in [5.74, 6) is -1.02. The van der Waals surface area contributed by atoms with Crippen LogP contribution in [0.3, 0.4) is 0 Å². The van der Waals surface area contributed by atoms with Gasteiger partial charge in [-0.15, -0.1) is 15.0 Å². The van der Waals surface area contributed by atoms with Crippen LogP contribution in [0.25, 0.3) is 5.69 Å². The van der Waals surface area contributed by atoms with Crippen LogP contribution in [-0.4, -0.2) is 44.3 Å². The van der Waals surface area contributed by atoms with Crippen LogP contribution in [0.1, 0.15) is 21.6 Å². The molecule has 0 saturated carbocycles. The summed E-state index contributed by atoms with van der Waals surface area (Å²) in [5, 5.41) is 28.8. The molecule has 7 nitrogen and oxygen atoms in total. The van der Waals surface area contributed by atoms with Crippen molar-refractivity contribution in [2.24, 2.45) is 0 Å². The molecule has 106 valence electrons. The molecule has 2 rings (SSSR count). The molecule has 3 N–H and O–H groups in total. The maximum Gasteiger partial charge on any atom is 0.360 e. The Kier molecular flexibility index (Phi) is 3.99. The highest BCUT2D eigenvalue weighted by Gasteiger charge is 2.18. The number of hydrogen-bond donors (Lipinski definition) is 3. The summed E-state index contributed by atoms with van der Waals surface area (Å²) in [6.45, 7) is 3.98. The molecule has 1 heterocycles. The predicted octanol–water partition coefficient (Wildman–Crippen LogP) is 0.987.